The SMILES string of the molecule is COc1cc(C(=O)N2CCCC(CN)C2)c([N+](=O)[O-])cc1OC.Cl. The van der Waals surface area contributed by atoms with Gasteiger partial charge in [-0.15, -0.1) is 12.4 Å². The molecule has 0 spiro atoms. The molecule has 1 unspecified atom stereocenters. The Morgan fingerprint density at radius 1 is 1.38 bits per heavy atom. The van der Waals surface area contributed by atoms with Gasteiger partial charge < -0.3 is 20.1 Å². The van der Waals surface area contributed by atoms with Crippen LogP contribution < -0.4 is 15.2 Å². The molecule has 1 atom stereocenters. The van der Waals surface area contributed by atoms with Crippen LogP contribution in [0.2, 0.25) is 0 Å². The molecule has 1 aliphatic heterocycles. The molecule has 2 N–H and O–H groups in total. The molecule has 1 aromatic carbocycles. The summed E-state index contributed by atoms with van der Waals surface area (Å²) >= 11 is 0. The third kappa shape index (κ3) is 4.07. The number of carbonyl (C=O) groups excluding carboxylic acids is 1. The Balaban J connectivity index is 0.00000288. The summed E-state index contributed by atoms with van der Waals surface area (Å²) in [6.45, 7) is 1.58. The summed E-state index contributed by atoms with van der Waals surface area (Å²) in [7, 11) is 2.81. The highest BCUT2D eigenvalue weighted by Crippen LogP contribution is 2.35. The monoisotopic (exact) mass is 359 g/mol. The maximum absolute atomic E-state index is 12.7. The van der Waals surface area contributed by atoms with E-state index < -0.39 is 4.92 Å². The van der Waals surface area contributed by atoms with Gasteiger partial charge in [-0.2, -0.15) is 0 Å². The largest absolute Gasteiger partial charge is 0.493 e. The number of nitrogens with two attached hydrogens (primary N) is 1. The summed E-state index contributed by atoms with van der Waals surface area (Å²) < 4.78 is 10.2. The zero-order chi connectivity index (χ0) is 17.0. The van der Waals surface area contributed by atoms with Gasteiger partial charge in [-0.3, -0.25) is 14.9 Å². The summed E-state index contributed by atoms with van der Waals surface area (Å²) in [6, 6.07) is 2.59. The van der Waals surface area contributed by atoms with Crippen molar-refractivity contribution >= 4 is 24.0 Å². The summed E-state index contributed by atoms with van der Waals surface area (Å²) in [4.78, 5) is 25.1. The van der Waals surface area contributed by atoms with Crippen molar-refractivity contribution < 1.29 is 19.2 Å². The lowest BCUT2D eigenvalue weighted by molar-refractivity contribution is -0.385. The molecular formula is C15H22ClN3O5. The molecule has 1 heterocycles. The highest BCUT2D eigenvalue weighted by Gasteiger charge is 2.30. The molecular weight excluding hydrogens is 338 g/mol. The van der Waals surface area contributed by atoms with Gasteiger partial charge in [0.1, 0.15) is 5.56 Å². The van der Waals surface area contributed by atoms with Gasteiger partial charge in [0.05, 0.1) is 25.2 Å². The standard InChI is InChI=1S/C15H21N3O5.ClH/c1-22-13-6-11(12(18(20)21)7-14(13)23-2)15(19)17-5-3-4-10(8-16)9-17;/h6-7,10H,3-5,8-9,16H2,1-2H3;1H. The van der Waals surface area contributed by atoms with Crippen molar-refractivity contribution in [1.82, 2.24) is 4.90 Å². The van der Waals surface area contributed by atoms with Crippen LogP contribution in [0, 0.1) is 16.0 Å². The maximum atomic E-state index is 12.7. The lowest BCUT2D eigenvalue weighted by Gasteiger charge is -2.32. The van der Waals surface area contributed by atoms with E-state index >= 15 is 0 Å². The Bertz CT molecular complexity index is 611. The smallest absolute Gasteiger partial charge is 0.286 e. The summed E-state index contributed by atoms with van der Waals surface area (Å²) in [5.41, 5.74) is 5.40. The number of methoxy groups -OCH3 is 2. The second kappa shape index (κ2) is 8.70. The van der Waals surface area contributed by atoms with Crippen molar-refractivity contribution in [1.29, 1.82) is 0 Å². The van der Waals surface area contributed by atoms with Crippen LogP contribution >= 0.6 is 12.4 Å². The van der Waals surface area contributed by atoms with Gasteiger partial charge in [0.25, 0.3) is 11.6 Å². The molecule has 1 saturated heterocycles. The van der Waals surface area contributed by atoms with Crippen LogP contribution in [0.4, 0.5) is 5.69 Å². The predicted octanol–water partition coefficient (Wildman–Crippen LogP) is 1.84. The zero-order valence-electron chi connectivity index (χ0n) is 13.7. The van der Waals surface area contributed by atoms with E-state index in [-0.39, 0.29) is 47.0 Å². The number of carbonyl (C=O) groups is 1. The van der Waals surface area contributed by atoms with Gasteiger partial charge in [0, 0.05) is 19.2 Å². The van der Waals surface area contributed by atoms with Crippen LogP contribution in [-0.2, 0) is 0 Å². The molecule has 0 aromatic heterocycles. The number of nitro groups is 1. The molecule has 1 aromatic rings. The fourth-order valence-electron chi connectivity index (χ4n) is 2.80. The van der Waals surface area contributed by atoms with E-state index in [9.17, 15) is 14.9 Å². The van der Waals surface area contributed by atoms with Crippen molar-refractivity contribution in [3.8, 4) is 11.5 Å². The molecule has 24 heavy (non-hydrogen) atoms. The number of rotatable bonds is 5. The average molecular weight is 360 g/mol. The van der Waals surface area contributed by atoms with Crippen LogP contribution in [0.5, 0.6) is 11.5 Å². The van der Waals surface area contributed by atoms with Crippen LogP contribution in [-0.4, -0.2) is 49.6 Å². The number of amides is 1. The van der Waals surface area contributed by atoms with E-state index in [2.05, 4.69) is 0 Å². The summed E-state index contributed by atoms with van der Waals surface area (Å²) in [6.07, 6.45) is 1.81. The first kappa shape index (κ1) is 20.0. The lowest BCUT2D eigenvalue weighted by Crippen LogP contribution is -2.42. The van der Waals surface area contributed by atoms with E-state index in [0.29, 0.717) is 19.6 Å². The van der Waals surface area contributed by atoms with Gasteiger partial charge in [0.15, 0.2) is 11.5 Å². The number of nitro benzene ring substituents is 1. The second-order valence-corrected chi connectivity index (χ2v) is 5.48. The molecule has 0 aliphatic carbocycles. The number of piperidine rings is 1. The minimum Gasteiger partial charge on any atom is -0.493 e. The van der Waals surface area contributed by atoms with E-state index in [1.54, 1.807) is 4.90 Å². The van der Waals surface area contributed by atoms with Crippen molar-refractivity contribution in [3.63, 3.8) is 0 Å². The van der Waals surface area contributed by atoms with Crippen molar-refractivity contribution in [2.45, 2.75) is 12.8 Å². The Morgan fingerprint density at radius 3 is 2.54 bits per heavy atom. The van der Waals surface area contributed by atoms with Crippen LogP contribution in [0.15, 0.2) is 12.1 Å². The first-order valence-corrected chi connectivity index (χ1v) is 7.41. The Hall–Kier alpha value is -2.06. The molecule has 8 nitrogen and oxygen atoms in total. The third-order valence-electron chi connectivity index (χ3n) is 4.07. The fourth-order valence-corrected chi connectivity index (χ4v) is 2.80. The minimum atomic E-state index is -0.584. The second-order valence-electron chi connectivity index (χ2n) is 5.48. The predicted molar refractivity (Wildman–Crippen MR) is 91.1 cm³/mol. The molecule has 1 amide bonds. The van der Waals surface area contributed by atoms with E-state index in [0.717, 1.165) is 12.8 Å². The highest BCUT2D eigenvalue weighted by molar-refractivity contribution is 5.99. The quantitative estimate of drug-likeness (QED) is 0.634. The molecule has 0 saturated carbocycles. The minimum absolute atomic E-state index is 0. The molecule has 134 valence electrons. The number of hydrogen-bond acceptors (Lipinski definition) is 6. The van der Waals surface area contributed by atoms with Gasteiger partial charge >= 0.3 is 0 Å². The van der Waals surface area contributed by atoms with E-state index in [1.807, 2.05) is 0 Å². The van der Waals surface area contributed by atoms with Crippen molar-refractivity contribution in [2.75, 3.05) is 33.9 Å². The number of likely N-dealkylation sites (tertiary alicyclic amines) is 1. The van der Waals surface area contributed by atoms with E-state index in [4.69, 9.17) is 15.2 Å². The van der Waals surface area contributed by atoms with Gasteiger partial charge in [-0.25, -0.2) is 0 Å². The lowest BCUT2D eigenvalue weighted by atomic mass is 9.97. The number of benzene rings is 1. The van der Waals surface area contributed by atoms with Gasteiger partial charge in [-0.1, -0.05) is 0 Å². The summed E-state index contributed by atoms with van der Waals surface area (Å²) in [5.74, 6) is 0.353. The number of halogens is 1. The van der Waals surface area contributed by atoms with Crippen molar-refractivity contribution in [3.05, 3.63) is 27.8 Å². The highest BCUT2D eigenvalue weighted by atomic mass is 35.5. The normalized spacial score (nSPS) is 17.0. The van der Waals surface area contributed by atoms with Gasteiger partial charge in [-0.05, 0) is 25.3 Å². The fraction of sp³-hybridized carbons (Fsp3) is 0.533. The molecule has 2 rings (SSSR count). The number of hydrogen-bond donors (Lipinski definition) is 1. The van der Waals surface area contributed by atoms with Crippen LogP contribution in [0.1, 0.15) is 23.2 Å². The Kier molecular flexibility index (Phi) is 7.24. The Morgan fingerprint density at radius 2 is 2.00 bits per heavy atom. The average Bonchev–Trinajstić information content (AvgIpc) is 2.59. The zero-order valence-corrected chi connectivity index (χ0v) is 14.5. The van der Waals surface area contributed by atoms with Crippen molar-refractivity contribution in [2.24, 2.45) is 11.7 Å². The van der Waals surface area contributed by atoms with Crippen LogP contribution in [0.3, 0.4) is 0 Å². The summed E-state index contributed by atoms with van der Waals surface area (Å²) in [5, 5.41) is 11.3. The number of ether oxygens (including phenoxy) is 2. The molecule has 9 heteroatoms. The van der Waals surface area contributed by atoms with Crippen LogP contribution in [0.25, 0.3) is 0 Å². The topological polar surface area (TPSA) is 108 Å². The molecule has 1 fully saturated rings. The number of nitrogens with zero attached hydrogens (tertiary/aromatic N) is 2. The Labute approximate surface area is 146 Å². The van der Waals surface area contributed by atoms with E-state index in [1.165, 1.54) is 26.4 Å². The third-order valence-corrected chi connectivity index (χ3v) is 4.07. The first-order valence-electron chi connectivity index (χ1n) is 7.41. The maximum Gasteiger partial charge on any atom is 0.286 e. The molecule has 0 bridgehead atoms. The molecule has 0 radical (unpaired) electrons. The first-order chi connectivity index (χ1) is 11.0. The molecule has 1 aliphatic rings. The van der Waals surface area contributed by atoms with Gasteiger partial charge in [0.2, 0.25) is 0 Å².